The number of ether oxygens (including phenoxy) is 2. The van der Waals surface area contributed by atoms with Crippen LogP contribution >= 0.6 is 0 Å². The molecule has 2 aromatic carbocycles. The summed E-state index contributed by atoms with van der Waals surface area (Å²) in [6.45, 7) is 5.58. The molecular formula is C22H30N2O5S. The Morgan fingerprint density at radius 2 is 1.80 bits per heavy atom. The van der Waals surface area contributed by atoms with Gasteiger partial charge in [-0.2, -0.15) is 0 Å². The maximum Gasteiger partial charge on any atom is 0.268 e. The fraction of sp³-hybridized carbons (Fsp3) is 0.409. The molecule has 1 atom stereocenters. The lowest BCUT2D eigenvalue weighted by Gasteiger charge is -2.26. The third kappa shape index (κ3) is 5.73. The third-order valence-electron chi connectivity index (χ3n) is 4.63. The predicted molar refractivity (Wildman–Crippen MR) is 118 cm³/mol. The van der Waals surface area contributed by atoms with E-state index >= 15 is 0 Å². The normalized spacial score (nSPS) is 12.3. The molecule has 0 aromatic heterocycles. The number of benzene rings is 2. The van der Waals surface area contributed by atoms with Gasteiger partial charge in [-0.1, -0.05) is 25.1 Å². The van der Waals surface area contributed by atoms with Crippen LogP contribution in [0.5, 0.6) is 5.75 Å². The van der Waals surface area contributed by atoms with Crippen molar-refractivity contribution in [3.8, 4) is 5.75 Å². The first-order chi connectivity index (χ1) is 14.2. The van der Waals surface area contributed by atoms with Crippen molar-refractivity contribution in [3.05, 3.63) is 53.6 Å². The highest BCUT2D eigenvalue weighted by molar-refractivity contribution is 7.93. The molecule has 0 bridgehead atoms. The molecule has 0 radical (unpaired) electrons. The molecule has 1 N–H and O–H groups in total. The molecule has 0 aliphatic carbocycles. The SMILES string of the molecule is CCc1ccc(N(CC(=O)N[C@@H](C)COC)S(=O)(=O)c2cc(C)ccc2OC)cc1. The van der Waals surface area contributed by atoms with E-state index in [0.717, 1.165) is 21.9 Å². The lowest BCUT2D eigenvalue weighted by Crippen LogP contribution is -2.44. The van der Waals surface area contributed by atoms with E-state index in [0.29, 0.717) is 12.3 Å². The van der Waals surface area contributed by atoms with E-state index in [-0.39, 0.29) is 23.2 Å². The van der Waals surface area contributed by atoms with E-state index < -0.39 is 15.9 Å². The summed E-state index contributed by atoms with van der Waals surface area (Å²) < 4.78 is 38.6. The topological polar surface area (TPSA) is 84.9 Å². The number of carbonyl (C=O) groups is 1. The average Bonchev–Trinajstić information content (AvgIpc) is 2.72. The summed E-state index contributed by atoms with van der Waals surface area (Å²) in [5, 5.41) is 2.77. The minimum atomic E-state index is -4.07. The van der Waals surface area contributed by atoms with Crippen molar-refractivity contribution in [1.29, 1.82) is 0 Å². The highest BCUT2D eigenvalue weighted by Gasteiger charge is 2.30. The predicted octanol–water partition coefficient (Wildman–Crippen LogP) is 2.91. The smallest absolute Gasteiger partial charge is 0.268 e. The number of anilines is 1. The van der Waals surface area contributed by atoms with Crippen molar-refractivity contribution in [2.75, 3.05) is 31.7 Å². The molecular weight excluding hydrogens is 404 g/mol. The molecule has 8 heteroatoms. The second-order valence-corrected chi connectivity index (χ2v) is 8.94. The van der Waals surface area contributed by atoms with Crippen LogP contribution in [0.3, 0.4) is 0 Å². The number of aryl methyl sites for hydroxylation is 2. The van der Waals surface area contributed by atoms with Crippen LogP contribution in [0.1, 0.15) is 25.0 Å². The zero-order valence-corrected chi connectivity index (χ0v) is 19.0. The van der Waals surface area contributed by atoms with Gasteiger partial charge in [-0.25, -0.2) is 8.42 Å². The molecule has 0 unspecified atom stereocenters. The Kier molecular flexibility index (Phi) is 8.25. The van der Waals surface area contributed by atoms with Gasteiger partial charge in [0.15, 0.2) is 0 Å². The van der Waals surface area contributed by atoms with Crippen LogP contribution in [0.25, 0.3) is 0 Å². The summed E-state index contributed by atoms with van der Waals surface area (Å²) >= 11 is 0. The first-order valence-corrected chi connectivity index (χ1v) is 11.2. The van der Waals surface area contributed by atoms with E-state index in [4.69, 9.17) is 9.47 Å². The Hall–Kier alpha value is -2.58. The van der Waals surface area contributed by atoms with Gasteiger partial charge in [0.25, 0.3) is 10.0 Å². The van der Waals surface area contributed by atoms with Gasteiger partial charge in [0, 0.05) is 13.2 Å². The monoisotopic (exact) mass is 434 g/mol. The van der Waals surface area contributed by atoms with Gasteiger partial charge in [0.05, 0.1) is 19.4 Å². The van der Waals surface area contributed by atoms with Gasteiger partial charge in [-0.3, -0.25) is 9.10 Å². The van der Waals surface area contributed by atoms with Gasteiger partial charge in [0.1, 0.15) is 17.2 Å². The van der Waals surface area contributed by atoms with Crippen molar-refractivity contribution in [2.24, 2.45) is 0 Å². The number of methoxy groups -OCH3 is 2. The molecule has 0 spiro atoms. The van der Waals surface area contributed by atoms with Gasteiger partial charge < -0.3 is 14.8 Å². The second kappa shape index (κ2) is 10.4. The third-order valence-corrected chi connectivity index (χ3v) is 6.43. The molecule has 7 nitrogen and oxygen atoms in total. The quantitative estimate of drug-likeness (QED) is 0.622. The van der Waals surface area contributed by atoms with E-state index in [1.807, 2.05) is 19.1 Å². The first-order valence-electron chi connectivity index (χ1n) is 9.77. The van der Waals surface area contributed by atoms with Gasteiger partial charge in [-0.15, -0.1) is 0 Å². The summed E-state index contributed by atoms with van der Waals surface area (Å²) in [5.74, 6) is -0.196. The van der Waals surface area contributed by atoms with Crippen molar-refractivity contribution < 1.29 is 22.7 Å². The Bertz CT molecular complexity index is 958. The van der Waals surface area contributed by atoms with Gasteiger partial charge in [-0.05, 0) is 55.7 Å². The molecule has 1 amide bonds. The Labute approximate surface area is 179 Å². The lowest BCUT2D eigenvalue weighted by atomic mass is 10.1. The summed E-state index contributed by atoms with van der Waals surface area (Å²) in [7, 11) is -1.11. The Balaban J connectivity index is 2.49. The zero-order valence-electron chi connectivity index (χ0n) is 18.1. The Morgan fingerprint density at radius 1 is 1.13 bits per heavy atom. The van der Waals surface area contributed by atoms with E-state index in [1.165, 1.54) is 7.11 Å². The molecule has 0 aliphatic heterocycles. The number of hydrogen-bond acceptors (Lipinski definition) is 5. The molecule has 0 heterocycles. The van der Waals surface area contributed by atoms with Crippen LogP contribution < -0.4 is 14.4 Å². The van der Waals surface area contributed by atoms with Crippen LogP contribution in [0.2, 0.25) is 0 Å². The summed E-state index contributed by atoms with van der Waals surface area (Å²) in [4.78, 5) is 12.6. The van der Waals surface area contributed by atoms with Crippen LogP contribution in [-0.2, 0) is 26.0 Å². The van der Waals surface area contributed by atoms with E-state index in [2.05, 4.69) is 5.32 Å². The van der Waals surface area contributed by atoms with Crippen molar-refractivity contribution in [1.82, 2.24) is 5.32 Å². The van der Waals surface area contributed by atoms with E-state index in [1.54, 1.807) is 51.3 Å². The van der Waals surface area contributed by atoms with Gasteiger partial charge in [0.2, 0.25) is 5.91 Å². The van der Waals surface area contributed by atoms with Crippen LogP contribution in [-0.4, -0.2) is 47.7 Å². The number of hydrogen-bond donors (Lipinski definition) is 1. The first kappa shape index (κ1) is 23.7. The summed E-state index contributed by atoms with van der Waals surface area (Å²) in [5.41, 5.74) is 2.25. The van der Waals surface area contributed by atoms with Crippen molar-refractivity contribution in [3.63, 3.8) is 0 Å². The molecule has 0 saturated heterocycles. The molecule has 0 saturated carbocycles. The maximum atomic E-state index is 13.6. The summed E-state index contributed by atoms with van der Waals surface area (Å²) in [6, 6.07) is 11.8. The number of nitrogens with zero attached hydrogens (tertiary/aromatic N) is 1. The fourth-order valence-electron chi connectivity index (χ4n) is 3.06. The molecule has 30 heavy (non-hydrogen) atoms. The minimum Gasteiger partial charge on any atom is -0.495 e. The lowest BCUT2D eigenvalue weighted by molar-refractivity contribution is -0.120. The number of rotatable bonds is 10. The number of nitrogens with one attached hydrogen (secondary N) is 1. The highest BCUT2D eigenvalue weighted by atomic mass is 32.2. The number of carbonyl (C=O) groups excluding carboxylic acids is 1. The van der Waals surface area contributed by atoms with E-state index in [9.17, 15) is 13.2 Å². The van der Waals surface area contributed by atoms with Gasteiger partial charge >= 0.3 is 0 Å². The van der Waals surface area contributed by atoms with Crippen LogP contribution in [0.4, 0.5) is 5.69 Å². The second-order valence-electron chi connectivity index (χ2n) is 7.11. The van der Waals surface area contributed by atoms with Crippen LogP contribution in [0.15, 0.2) is 47.4 Å². The minimum absolute atomic E-state index is 0.0160. The highest BCUT2D eigenvalue weighted by Crippen LogP contribution is 2.31. The zero-order chi connectivity index (χ0) is 22.3. The van der Waals surface area contributed by atoms with Crippen molar-refractivity contribution >= 4 is 21.6 Å². The number of sulfonamides is 1. The van der Waals surface area contributed by atoms with Crippen molar-refractivity contribution in [2.45, 2.75) is 38.1 Å². The maximum absolute atomic E-state index is 13.6. The molecule has 164 valence electrons. The largest absolute Gasteiger partial charge is 0.495 e. The fourth-order valence-corrected chi connectivity index (χ4v) is 4.72. The van der Waals surface area contributed by atoms with Crippen LogP contribution in [0, 0.1) is 6.92 Å². The summed E-state index contributed by atoms with van der Waals surface area (Å²) in [6.07, 6.45) is 0.827. The molecule has 2 aromatic rings. The average molecular weight is 435 g/mol. The molecule has 0 aliphatic rings. The Morgan fingerprint density at radius 3 is 2.37 bits per heavy atom. The molecule has 2 rings (SSSR count). The molecule has 0 fully saturated rings. The standard InChI is InChI=1S/C22H30N2O5S/c1-6-18-8-10-19(11-9-18)24(14-22(25)23-17(3)15-28-4)30(26,27)21-13-16(2)7-12-20(21)29-5/h7-13,17H,6,14-15H2,1-5H3,(H,23,25)/t17-/m0/s1. The number of amides is 1.